The van der Waals surface area contributed by atoms with Crippen LogP contribution in [0.4, 0.5) is 5.69 Å². The van der Waals surface area contributed by atoms with Crippen LogP contribution in [0.25, 0.3) is 0 Å². The molecule has 8 heteroatoms. The molecule has 4 aromatic rings. The van der Waals surface area contributed by atoms with Gasteiger partial charge in [0, 0.05) is 27.8 Å². The molecule has 0 fully saturated rings. The minimum atomic E-state index is -3.68. The van der Waals surface area contributed by atoms with Crippen molar-refractivity contribution in [2.45, 2.75) is 56.5 Å². The molecule has 0 saturated carbocycles. The van der Waals surface area contributed by atoms with Crippen molar-refractivity contribution in [3.63, 3.8) is 0 Å². The molecule has 222 valence electrons. The van der Waals surface area contributed by atoms with Gasteiger partial charge in [-0.25, -0.2) is 8.42 Å². The summed E-state index contributed by atoms with van der Waals surface area (Å²) in [5.41, 5.74) is 5.17. The largest absolute Gasteiger partial charge is 0.314 e. The molecule has 0 aliphatic carbocycles. The third kappa shape index (κ3) is 10.4. The zero-order chi connectivity index (χ0) is 30.0. The van der Waals surface area contributed by atoms with Gasteiger partial charge in [-0.3, -0.25) is 4.72 Å². The van der Waals surface area contributed by atoms with Crippen molar-refractivity contribution in [2.24, 2.45) is 0 Å². The van der Waals surface area contributed by atoms with E-state index in [-0.39, 0.29) is 17.0 Å². The molecule has 2 atom stereocenters. The Bertz CT molecular complexity index is 1530. The lowest BCUT2D eigenvalue weighted by molar-refractivity contribution is 0.548. The molecule has 0 aromatic heterocycles. The van der Waals surface area contributed by atoms with Crippen molar-refractivity contribution in [3.8, 4) is 0 Å². The molecule has 0 saturated heterocycles. The summed E-state index contributed by atoms with van der Waals surface area (Å²) in [5.74, 6) is 0. The minimum absolute atomic E-state index is 0.245. The van der Waals surface area contributed by atoms with Crippen molar-refractivity contribution >= 4 is 38.9 Å². The van der Waals surface area contributed by atoms with Gasteiger partial charge in [0.25, 0.3) is 10.0 Å². The highest BCUT2D eigenvalue weighted by atomic mass is 35.5. The highest BCUT2D eigenvalue weighted by molar-refractivity contribution is 7.92. The van der Waals surface area contributed by atoms with E-state index in [1.54, 1.807) is 12.1 Å². The van der Waals surface area contributed by atoms with Crippen molar-refractivity contribution in [3.05, 3.63) is 129 Å². The molecule has 4 rings (SSSR count). The molecule has 0 aliphatic heterocycles. The Morgan fingerprint density at radius 1 is 0.619 bits per heavy atom. The van der Waals surface area contributed by atoms with Gasteiger partial charge in [-0.1, -0.05) is 71.7 Å². The zero-order valence-electron chi connectivity index (χ0n) is 24.1. The number of nitrogens with one attached hydrogen (secondary N) is 3. The first-order valence-corrected chi connectivity index (χ1v) is 16.6. The fraction of sp³-hybridized carbons (Fsp3) is 0.294. The number of hydrogen-bond acceptors (Lipinski definition) is 4. The molecule has 42 heavy (non-hydrogen) atoms. The Morgan fingerprint density at radius 3 is 1.52 bits per heavy atom. The van der Waals surface area contributed by atoms with Gasteiger partial charge in [0.15, 0.2) is 0 Å². The van der Waals surface area contributed by atoms with E-state index < -0.39 is 10.0 Å². The Kier molecular flexibility index (Phi) is 11.9. The van der Waals surface area contributed by atoms with Gasteiger partial charge in [-0.2, -0.15) is 0 Å². The Hall–Kier alpha value is -2.87. The quantitative estimate of drug-likeness (QED) is 0.130. The fourth-order valence-electron chi connectivity index (χ4n) is 4.89. The first-order chi connectivity index (χ1) is 20.2. The number of sulfonamides is 1. The minimum Gasteiger partial charge on any atom is -0.314 e. The van der Waals surface area contributed by atoms with Gasteiger partial charge in [-0.15, -0.1) is 0 Å². The van der Waals surface area contributed by atoms with Gasteiger partial charge in [0.2, 0.25) is 0 Å². The van der Waals surface area contributed by atoms with E-state index in [0.29, 0.717) is 5.69 Å². The van der Waals surface area contributed by atoms with E-state index in [2.05, 4.69) is 41.3 Å². The zero-order valence-corrected chi connectivity index (χ0v) is 26.4. The van der Waals surface area contributed by atoms with Crippen LogP contribution in [0.3, 0.4) is 0 Å². The van der Waals surface area contributed by atoms with E-state index >= 15 is 0 Å². The Labute approximate surface area is 260 Å². The van der Waals surface area contributed by atoms with Gasteiger partial charge in [0.1, 0.15) is 0 Å². The second-order valence-corrected chi connectivity index (χ2v) is 13.4. The summed E-state index contributed by atoms with van der Waals surface area (Å²) >= 11 is 12.1. The van der Waals surface area contributed by atoms with Crippen LogP contribution in [-0.4, -0.2) is 33.6 Å². The van der Waals surface area contributed by atoms with Crippen molar-refractivity contribution in [1.82, 2.24) is 10.6 Å². The number of benzene rings is 4. The van der Waals surface area contributed by atoms with Crippen LogP contribution in [0.5, 0.6) is 0 Å². The van der Waals surface area contributed by atoms with Gasteiger partial charge >= 0.3 is 0 Å². The second-order valence-electron chi connectivity index (χ2n) is 10.8. The van der Waals surface area contributed by atoms with Crippen LogP contribution in [0.15, 0.2) is 102 Å². The highest BCUT2D eigenvalue weighted by Crippen LogP contribution is 2.19. The van der Waals surface area contributed by atoms with Crippen LogP contribution in [0, 0.1) is 0 Å². The molecule has 0 amide bonds. The molecule has 0 radical (unpaired) electrons. The smallest absolute Gasteiger partial charge is 0.261 e. The second kappa shape index (κ2) is 15.6. The van der Waals surface area contributed by atoms with Crippen molar-refractivity contribution in [2.75, 3.05) is 17.8 Å². The normalized spacial score (nSPS) is 13.0. The molecular formula is C34H39Cl2N3O2S. The van der Waals surface area contributed by atoms with Gasteiger partial charge < -0.3 is 10.6 Å². The average molecular weight is 625 g/mol. The lowest BCUT2D eigenvalue weighted by atomic mass is 10.1. The first kappa shape index (κ1) is 32.1. The average Bonchev–Trinajstić information content (AvgIpc) is 2.94. The van der Waals surface area contributed by atoms with Crippen LogP contribution in [0.1, 0.15) is 36.1 Å². The highest BCUT2D eigenvalue weighted by Gasteiger charge is 2.15. The summed E-state index contributed by atoms with van der Waals surface area (Å²) in [6, 6.07) is 31.0. The van der Waals surface area contributed by atoms with Crippen LogP contribution >= 0.6 is 23.2 Å². The SMILES string of the molecule is CC(Cc1ccc(NS(=O)(=O)c2ccc(CC(C)NCCc3cccc(Cl)c3)cc2)cc1)NCCc1cccc(Cl)c1. The maximum Gasteiger partial charge on any atom is 0.261 e. The Morgan fingerprint density at radius 2 is 1.07 bits per heavy atom. The molecular weight excluding hydrogens is 585 g/mol. The summed E-state index contributed by atoms with van der Waals surface area (Å²) in [7, 11) is -3.68. The maximum absolute atomic E-state index is 13.0. The van der Waals surface area contributed by atoms with E-state index in [1.165, 1.54) is 11.1 Å². The number of rotatable bonds is 15. The summed E-state index contributed by atoms with van der Waals surface area (Å²) in [4.78, 5) is 0.245. The lowest BCUT2D eigenvalue weighted by Crippen LogP contribution is -2.30. The maximum atomic E-state index is 13.0. The number of anilines is 1. The standard InChI is InChI=1S/C34H39Cl2N3O2S/c1-25(37-19-17-27-5-3-7-31(35)23-27)21-29-9-13-33(14-10-29)39-42(40,41)34-15-11-30(12-16-34)22-26(2)38-20-18-28-6-4-8-32(36)24-28/h3-16,23-26,37-39H,17-22H2,1-2H3. The monoisotopic (exact) mass is 623 g/mol. The summed E-state index contributed by atoms with van der Waals surface area (Å²) in [5, 5.41) is 8.58. The van der Waals surface area contributed by atoms with Crippen LogP contribution in [0.2, 0.25) is 10.0 Å². The van der Waals surface area contributed by atoms with E-state index in [4.69, 9.17) is 23.2 Å². The van der Waals surface area contributed by atoms with E-state index in [0.717, 1.165) is 59.9 Å². The van der Waals surface area contributed by atoms with Gasteiger partial charge in [0.05, 0.1) is 4.90 Å². The predicted octanol–water partition coefficient (Wildman–Crippen LogP) is 7.32. The van der Waals surface area contributed by atoms with Crippen LogP contribution in [-0.2, 0) is 35.7 Å². The number of halogens is 2. The topological polar surface area (TPSA) is 70.2 Å². The molecule has 3 N–H and O–H groups in total. The molecule has 0 heterocycles. The summed E-state index contributed by atoms with van der Waals surface area (Å²) < 4.78 is 28.7. The predicted molar refractivity (Wildman–Crippen MR) is 176 cm³/mol. The van der Waals surface area contributed by atoms with Gasteiger partial charge in [-0.05, 0) is 123 Å². The van der Waals surface area contributed by atoms with E-state index in [9.17, 15) is 8.42 Å². The summed E-state index contributed by atoms with van der Waals surface area (Å²) in [6.07, 6.45) is 3.46. The number of hydrogen-bond donors (Lipinski definition) is 3. The molecule has 0 bridgehead atoms. The molecule has 0 spiro atoms. The molecule has 4 aromatic carbocycles. The first-order valence-electron chi connectivity index (χ1n) is 14.3. The molecule has 0 aliphatic rings. The molecule has 5 nitrogen and oxygen atoms in total. The Balaban J connectivity index is 1.21. The van der Waals surface area contributed by atoms with Crippen molar-refractivity contribution < 1.29 is 8.42 Å². The van der Waals surface area contributed by atoms with Crippen LogP contribution < -0.4 is 15.4 Å². The lowest BCUT2D eigenvalue weighted by Gasteiger charge is -2.15. The van der Waals surface area contributed by atoms with E-state index in [1.807, 2.05) is 72.8 Å². The summed E-state index contributed by atoms with van der Waals surface area (Å²) in [6.45, 7) is 5.98. The van der Waals surface area contributed by atoms with Crippen molar-refractivity contribution in [1.29, 1.82) is 0 Å². The molecule has 2 unspecified atom stereocenters. The third-order valence-corrected chi connectivity index (χ3v) is 8.98. The fourth-order valence-corrected chi connectivity index (χ4v) is 6.37. The third-order valence-electron chi connectivity index (χ3n) is 7.11.